The molecule has 2 heterocycles. The first kappa shape index (κ1) is 11.7. The SMILES string of the molecule is C[C@H]1Cc2ccccc2N1C(=O)c1cc(C2CC2)on1. The van der Waals surface area contributed by atoms with Gasteiger partial charge >= 0.3 is 0 Å². The summed E-state index contributed by atoms with van der Waals surface area (Å²) < 4.78 is 5.29. The van der Waals surface area contributed by atoms with Crippen LogP contribution in [0.3, 0.4) is 0 Å². The molecule has 0 unspecified atom stereocenters. The number of aromatic nitrogens is 1. The molecule has 4 rings (SSSR count). The lowest BCUT2D eigenvalue weighted by Crippen LogP contribution is -2.35. The minimum atomic E-state index is -0.0573. The van der Waals surface area contributed by atoms with Crippen LogP contribution in [0.15, 0.2) is 34.9 Å². The summed E-state index contributed by atoms with van der Waals surface area (Å²) in [7, 11) is 0. The average Bonchev–Trinajstić information content (AvgIpc) is 3.08. The normalized spacial score (nSPS) is 21.1. The van der Waals surface area contributed by atoms with Crippen molar-refractivity contribution in [1.29, 1.82) is 0 Å². The molecule has 1 aliphatic carbocycles. The summed E-state index contributed by atoms with van der Waals surface area (Å²) in [5.41, 5.74) is 2.65. The van der Waals surface area contributed by atoms with Gasteiger partial charge in [-0.1, -0.05) is 23.4 Å². The largest absolute Gasteiger partial charge is 0.360 e. The highest BCUT2D eigenvalue weighted by atomic mass is 16.5. The van der Waals surface area contributed by atoms with Gasteiger partial charge in [-0.15, -0.1) is 0 Å². The second kappa shape index (κ2) is 4.20. The molecule has 0 bridgehead atoms. The van der Waals surface area contributed by atoms with E-state index in [9.17, 15) is 4.79 Å². The number of nitrogens with zero attached hydrogens (tertiary/aromatic N) is 2. The highest BCUT2D eigenvalue weighted by molar-refractivity contribution is 6.06. The van der Waals surface area contributed by atoms with Gasteiger partial charge in [0.1, 0.15) is 5.76 Å². The molecule has 2 aromatic rings. The van der Waals surface area contributed by atoms with Gasteiger partial charge in [-0.2, -0.15) is 0 Å². The molecule has 0 spiro atoms. The molecule has 2 aliphatic rings. The van der Waals surface area contributed by atoms with Crippen molar-refractivity contribution >= 4 is 11.6 Å². The lowest BCUT2D eigenvalue weighted by atomic mass is 10.1. The summed E-state index contributed by atoms with van der Waals surface area (Å²) in [4.78, 5) is 14.5. The van der Waals surface area contributed by atoms with Crippen LogP contribution in [0.4, 0.5) is 5.69 Å². The molecular formula is C16H16N2O2. The summed E-state index contributed by atoms with van der Waals surface area (Å²) in [6, 6.07) is 10.0. The van der Waals surface area contributed by atoms with E-state index in [1.165, 1.54) is 5.56 Å². The van der Waals surface area contributed by atoms with Gasteiger partial charge in [-0.05, 0) is 37.8 Å². The Balaban J connectivity index is 1.67. The van der Waals surface area contributed by atoms with Crippen molar-refractivity contribution < 1.29 is 9.32 Å². The fourth-order valence-electron chi connectivity index (χ4n) is 2.95. The Morgan fingerprint density at radius 3 is 2.95 bits per heavy atom. The minimum absolute atomic E-state index is 0.0573. The molecule has 4 heteroatoms. The second-order valence-corrected chi connectivity index (χ2v) is 5.75. The predicted octanol–water partition coefficient (Wildman–Crippen LogP) is 3.14. The topological polar surface area (TPSA) is 46.3 Å². The molecule has 1 fully saturated rings. The van der Waals surface area contributed by atoms with Crippen LogP contribution in [0.25, 0.3) is 0 Å². The average molecular weight is 268 g/mol. The molecule has 1 aromatic carbocycles. The van der Waals surface area contributed by atoms with Crippen molar-refractivity contribution in [3.8, 4) is 0 Å². The molecule has 1 atom stereocenters. The van der Waals surface area contributed by atoms with Gasteiger partial charge in [0.25, 0.3) is 5.91 Å². The maximum absolute atomic E-state index is 12.7. The van der Waals surface area contributed by atoms with Crippen LogP contribution >= 0.6 is 0 Å². The van der Waals surface area contributed by atoms with E-state index in [2.05, 4.69) is 18.1 Å². The first-order chi connectivity index (χ1) is 9.74. The van der Waals surface area contributed by atoms with E-state index < -0.39 is 0 Å². The Labute approximate surface area is 117 Å². The quantitative estimate of drug-likeness (QED) is 0.840. The second-order valence-electron chi connectivity index (χ2n) is 5.75. The van der Waals surface area contributed by atoms with E-state index in [0.717, 1.165) is 30.7 Å². The van der Waals surface area contributed by atoms with Crippen LogP contribution in [0.5, 0.6) is 0 Å². The van der Waals surface area contributed by atoms with Crippen LogP contribution in [-0.4, -0.2) is 17.1 Å². The van der Waals surface area contributed by atoms with Crippen LogP contribution in [0.2, 0.25) is 0 Å². The number of anilines is 1. The van der Waals surface area contributed by atoms with Gasteiger partial charge in [-0.25, -0.2) is 0 Å². The van der Waals surface area contributed by atoms with E-state index in [0.29, 0.717) is 11.6 Å². The molecule has 102 valence electrons. The maximum atomic E-state index is 12.7. The number of benzene rings is 1. The van der Waals surface area contributed by atoms with Gasteiger partial charge in [0, 0.05) is 23.7 Å². The summed E-state index contributed by atoms with van der Waals surface area (Å²) in [5, 5.41) is 3.96. The zero-order valence-electron chi connectivity index (χ0n) is 11.4. The summed E-state index contributed by atoms with van der Waals surface area (Å²) >= 11 is 0. The number of para-hydroxylation sites is 1. The first-order valence-electron chi connectivity index (χ1n) is 7.12. The minimum Gasteiger partial charge on any atom is -0.360 e. The van der Waals surface area contributed by atoms with Crippen molar-refractivity contribution in [1.82, 2.24) is 5.16 Å². The molecule has 0 N–H and O–H groups in total. The maximum Gasteiger partial charge on any atom is 0.280 e. The van der Waals surface area contributed by atoms with Crippen molar-refractivity contribution in [2.45, 2.75) is 38.1 Å². The molecule has 0 saturated heterocycles. The van der Waals surface area contributed by atoms with Crippen molar-refractivity contribution in [3.63, 3.8) is 0 Å². The van der Waals surface area contributed by atoms with Gasteiger partial charge < -0.3 is 9.42 Å². The Kier molecular flexibility index (Phi) is 2.46. The standard InChI is InChI=1S/C16H16N2O2/c1-10-8-12-4-2-3-5-14(12)18(10)16(19)13-9-15(20-17-13)11-6-7-11/h2-5,9-11H,6-8H2,1H3/t10-/m0/s1. The monoisotopic (exact) mass is 268 g/mol. The van der Waals surface area contributed by atoms with E-state index >= 15 is 0 Å². The van der Waals surface area contributed by atoms with Crippen LogP contribution in [-0.2, 0) is 6.42 Å². The molecule has 1 saturated carbocycles. The highest BCUT2D eigenvalue weighted by Crippen LogP contribution is 2.40. The fraction of sp³-hybridized carbons (Fsp3) is 0.375. The molecule has 1 aliphatic heterocycles. The first-order valence-corrected chi connectivity index (χ1v) is 7.12. The van der Waals surface area contributed by atoms with Crippen molar-refractivity contribution in [3.05, 3.63) is 47.3 Å². The highest BCUT2D eigenvalue weighted by Gasteiger charge is 2.34. The fourth-order valence-corrected chi connectivity index (χ4v) is 2.95. The number of amides is 1. The Hall–Kier alpha value is -2.10. The molecule has 1 aromatic heterocycles. The molecule has 1 amide bonds. The Morgan fingerprint density at radius 1 is 1.35 bits per heavy atom. The summed E-state index contributed by atoms with van der Waals surface area (Å²) in [6.07, 6.45) is 3.19. The van der Waals surface area contributed by atoms with E-state index in [1.807, 2.05) is 29.2 Å². The third-order valence-corrected chi connectivity index (χ3v) is 4.15. The van der Waals surface area contributed by atoms with Gasteiger partial charge in [0.2, 0.25) is 0 Å². The zero-order chi connectivity index (χ0) is 13.7. The number of hydrogen-bond donors (Lipinski definition) is 0. The lowest BCUT2D eigenvalue weighted by molar-refractivity contribution is 0.0972. The van der Waals surface area contributed by atoms with Crippen LogP contribution in [0.1, 0.15) is 47.5 Å². The summed E-state index contributed by atoms with van der Waals surface area (Å²) in [6.45, 7) is 2.07. The van der Waals surface area contributed by atoms with Gasteiger partial charge in [0.15, 0.2) is 5.69 Å². The number of fused-ring (bicyclic) bond motifs is 1. The molecule has 0 radical (unpaired) electrons. The zero-order valence-corrected chi connectivity index (χ0v) is 11.4. The number of rotatable bonds is 2. The molecule has 20 heavy (non-hydrogen) atoms. The van der Waals surface area contributed by atoms with Crippen molar-refractivity contribution in [2.75, 3.05) is 4.90 Å². The Bertz CT molecular complexity index is 673. The third kappa shape index (κ3) is 1.75. The predicted molar refractivity (Wildman–Crippen MR) is 74.9 cm³/mol. The number of hydrogen-bond acceptors (Lipinski definition) is 3. The number of carbonyl (C=O) groups excluding carboxylic acids is 1. The van der Waals surface area contributed by atoms with Crippen LogP contribution < -0.4 is 4.90 Å². The van der Waals surface area contributed by atoms with Gasteiger partial charge in [-0.3, -0.25) is 4.79 Å². The van der Waals surface area contributed by atoms with Gasteiger partial charge in [0.05, 0.1) is 0 Å². The lowest BCUT2D eigenvalue weighted by Gasteiger charge is -2.21. The van der Waals surface area contributed by atoms with E-state index in [1.54, 1.807) is 0 Å². The van der Waals surface area contributed by atoms with Crippen molar-refractivity contribution in [2.24, 2.45) is 0 Å². The smallest absolute Gasteiger partial charge is 0.280 e. The third-order valence-electron chi connectivity index (χ3n) is 4.15. The molecular weight excluding hydrogens is 252 g/mol. The van der Waals surface area contributed by atoms with Crippen LogP contribution in [0, 0.1) is 0 Å². The van der Waals surface area contributed by atoms with E-state index in [4.69, 9.17) is 4.52 Å². The number of carbonyl (C=O) groups is 1. The molecule has 4 nitrogen and oxygen atoms in total. The summed E-state index contributed by atoms with van der Waals surface area (Å²) in [5.74, 6) is 1.28. The Morgan fingerprint density at radius 2 is 2.15 bits per heavy atom. The van der Waals surface area contributed by atoms with E-state index in [-0.39, 0.29) is 11.9 Å².